The van der Waals surface area contributed by atoms with Crippen molar-refractivity contribution in [2.75, 3.05) is 4.31 Å². The summed E-state index contributed by atoms with van der Waals surface area (Å²) in [5, 5.41) is 1.29. The van der Waals surface area contributed by atoms with Gasteiger partial charge in [-0.1, -0.05) is 78.9 Å². The minimum Gasteiger partial charge on any atom is -0.261 e. The van der Waals surface area contributed by atoms with E-state index in [1.807, 2.05) is 73.7 Å². The zero-order valence-corrected chi connectivity index (χ0v) is 21.4. The molecule has 0 amide bonds. The highest BCUT2D eigenvalue weighted by molar-refractivity contribution is 7.92. The van der Waals surface area contributed by atoms with Gasteiger partial charge >= 0.3 is 0 Å². The molecule has 0 saturated heterocycles. The van der Waals surface area contributed by atoms with Crippen molar-refractivity contribution in [3.8, 4) is 0 Å². The topological polar surface area (TPSA) is 50.3 Å². The number of nitrogens with zero attached hydrogens (tertiary/aromatic N) is 2. The highest BCUT2D eigenvalue weighted by Crippen LogP contribution is 2.39. The molecule has 6 heteroatoms. The lowest BCUT2D eigenvalue weighted by molar-refractivity contribution is 0.437. The summed E-state index contributed by atoms with van der Waals surface area (Å²) in [6.07, 6.45) is 5.75. The van der Waals surface area contributed by atoms with Crippen LogP contribution >= 0.6 is 11.6 Å². The van der Waals surface area contributed by atoms with E-state index in [2.05, 4.69) is 0 Å². The average Bonchev–Trinajstić information content (AvgIpc) is 2.88. The number of rotatable bonds is 6. The summed E-state index contributed by atoms with van der Waals surface area (Å²) in [5.41, 5.74) is 4.28. The van der Waals surface area contributed by atoms with E-state index in [4.69, 9.17) is 16.6 Å². The molecule has 1 fully saturated rings. The Labute approximate surface area is 212 Å². The van der Waals surface area contributed by atoms with E-state index in [0.717, 1.165) is 40.6 Å². The molecule has 1 aliphatic carbocycles. The van der Waals surface area contributed by atoms with Gasteiger partial charge in [0, 0.05) is 22.0 Å². The quantitative estimate of drug-likeness (QED) is 0.271. The SMILES string of the molecule is Cc1ccc(S(=O)(=O)N(Cc2ccccc2)c2cc(C3CCCCC3)nc3ccc(Cl)cc23)cc1. The van der Waals surface area contributed by atoms with Crippen molar-refractivity contribution in [2.24, 2.45) is 0 Å². The van der Waals surface area contributed by atoms with Gasteiger partial charge in [0.1, 0.15) is 0 Å². The number of aromatic nitrogens is 1. The van der Waals surface area contributed by atoms with Crippen molar-refractivity contribution in [3.05, 3.63) is 101 Å². The largest absolute Gasteiger partial charge is 0.264 e. The summed E-state index contributed by atoms with van der Waals surface area (Å²) in [7, 11) is -3.86. The van der Waals surface area contributed by atoms with Crippen LogP contribution < -0.4 is 4.31 Å². The van der Waals surface area contributed by atoms with Gasteiger partial charge in [-0.3, -0.25) is 9.29 Å². The Hall–Kier alpha value is -2.89. The van der Waals surface area contributed by atoms with Crippen LogP contribution in [0.4, 0.5) is 5.69 Å². The first-order valence-corrected chi connectivity index (χ1v) is 14.0. The Morgan fingerprint density at radius 1 is 0.914 bits per heavy atom. The van der Waals surface area contributed by atoms with Crippen molar-refractivity contribution in [3.63, 3.8) is 0 Å². The molecule has 0 aliphatic heterocycles. The molecule has 0 N–H and O–H groups in total. The van der Waals surface area contributed by atoms with Gasteiger partial charge < -0.3 is 0 Å². The number of pyridine rings is 1. The molecule has 0 radical (unpaired) electrons. The number of benzene rings is 3. The highest BCUT2D eigenvalue weighted by atomic mass is 35.5. The van der Waals surface area contributed by atoms with Crippen LogP contribution in [0.3, 0.4) is 0 Å². The molecule has 3 aromatic carbocycles. The molecule has 0 spiro atoms. The molecule has 0 atom stereocenters. The van der Waals surface area contributed by atoms with E-state index in [0.29, 0.717) is 16.6 Å². The van der Waals surface area contributed by atoms with Crippen molar-refractivity contribution >= 4 is 38.2 Å². The third-order valence-electron chi connectivity index (χ3n) is 6.84. The Bertz CT molecular complexity index is 1430. The maximum Gasteiger partial charge on any atom is 0.264 e. The Balaban J connectivity index is 1.72. The predicted octanol–water partition coefficient (Wildman–Crippen LogP) is 7.64. The lowest BCUT2D eigenvalue weighted by atomic mass is 9.86. The van der Waals surface area contributed by atoms with E-state index in [-0.39, 0.29) is 11.4 Å². The summed E-state index contributed by atoms with van der Waals surface area (Å²) >= 11 is 6.40. The minimum atomic E-state index is -3.86. The fourth-order valence-electron chi connectivity index (χ4n) is 4.90. The van der Waals surface area contributed by atoms with Crippen LogP contribution in [-0.4, -0.2) is 13.4 Å². The summed E-state index contributed by atoms with van der Waals surface area (Å²) < 4.78 is 29.8. The van der Waals surface area contributed by atoms with Crippen LogP contribution in [0.2, 0.25) is 5.02 Å². The van der Waals surface area contributed by atoms with Crippen LogP contribution in [0.15, 0.2) is 83.8 Å². The molecular formula is C29H29ClN2O2S. The average molecular weight is 505 g/mol. The molecule has 0 bridgehead atoms. The Morgan fingerprint density at radius 2 is 1.63 bits per heavy atom. The van der Waals surface area contributed by atoms with E-state index < -0.39 is 10.0 Å². The fourth-order valence-corrected chi connectivity index (χ4v) is 6.54. The Kier molecular flexibility index (Phi) is 6.81. The normalized spacial score (nSPS) is 14.8. The second kappa shape index (κ2) is 10.00. The van der Waals surface area contributed by atoms with Gasteiger partial charge in [0.05, 0.1) is 22.6 Å². The van der Waals surface area contributed by atoms with Crippen LogP contribution in [0.25, 0.3) is 10.9 Å². The number of hydrogen-bond acceptors (Lipinski definition) is 3. The first-order valence-electron chi connectivity index (χ1n) is 12.2. The third kappa shape index (κ3) is 5.07. The maximum atomic E-state index is 14.1. The zero-order chi connectivity index (χ0) is 24.4. The lowest BCUT2D eigenvalue weighted by Gasteiger charge is -2.28. The third-order valence-corrected chi connectivity index (χ3v) is 8.85. The number of halogens is 1. The number of anilines is 1. The van der Waals surface area contributed by atoms with Gasteiger partial charge in [-0.05, 0) is 61.7 Å². The molecule has 35 heavy (non-hydrogen) atoms. The van der Waals surface area contributed by atoms with E-state index in [1.165, 1.54) is 23.6 Å². The predicted molar refractivity (Wildman–Crippen MR) is 144 cm³/mol. The van der Waals surface area contributed by atoms with Gasteiger partial charge in [0.25, 0.3) is 10.0 Å². The second-order valence-corrected chi connectivity index (χ2v) is 11.7. The van der Waals surface area contributed by atoms with Crippen LogP contribution in [0.5, 0.6) is 0 Å². The molecule has 1 aliphatic rings. The highest BCUT2D eigenvalue weighted by Gasteiger charge is 2.29. The lowest BCUT2D eigenvalue weighted by Crippen LogP contribution is -2.31. The smallest absolute Gasteiger partial charge is 0.261 e. The molecular weight excluding hydrogens is 476 g/mol. The molecule has 4 aromatic rings. The monoisotopic (exact) mass is 504 g/mol. The molecule has 1 heterocycles. The number of hydrogen-bond donors (Lipinski definition) is 0. The minimum absolute atomic E-state index is 0.215. The standard InChI is InChI=1S/C29H29ClN2O2S/c1-21-12-15-25(16-13-21)35(33,34)32(20-22-8-4-2-5-9-22)29-19-28(23-10-6-3-7-11-23)31-27-17-14-24(30)18-26(27)29/h2,4-5,8-9,12-19,23H,3,6-7,10-11,20H2,1H3. The van der Waals surface area contributed by atoms with Gasteiger partial charge in [-0.2, -0.15) is 0 Å². The van der Waals surface area contributed by atoms with Crippen LogP contribution in [0, 0.1) is 6.92 Å². The van der Waals surface area contributed by atoms with Crippen molar-refractivity contribution in [2.45, 2.75) is 56.4 Å². The van der Waals surface area contributed by atoms with Gasteiger partial charge in [-0.15, -0.1) is 0 Å². The Morgan fingerprint density at radius 3 is 2.34 bits per heavy atom. The number of aryl methyl sites for hydroxylation is 1. The summed E-state index contributed by atoms with van der Waals surface area (Å²) in [4.78, 5) is 5.25. The summed E-state index contributed by atoms with van der Waals surface area (Å²) in [5.74, 6) is 0.336. The summed E-state index contributed by atoms with van der Waals surface area (Å²) in [6.45, 7) is 2.17. The molecule has 1 aromatic heterocycles. The summed E-state index contributed by atoms with van der Waals surface area (Å²) in [6, 6.07) is 24.3. The zero-order valence-electron chi connectivity index (χ0n) is 19.8. The van der Waals surface area contributed by atoms with Gasteiger partial charge in [-0.25, -0.2) is 8.42 Å². The van der Waals surface area contributed by atoms with Crippen molar-refractivity contribution in [1.82, 2.24) is 4.98 Å². The van der Waals surface area contributed by atoms with E-state index in [1.54, 1.807) is 12.1 Å². The molecule has 0 unspecified atom stereocenters. The van der Waals surface area contributed by atoms with Gasteiger partial charge in [0.15, 0.2) is 0 Å². The fraction of sp³-hybridized carbons (Fsp3) is 0.276. The van der Waals surface area contributed by atoms with Crippen molar-refractivity contribution in [1.29, 1.82) is 0 Å². The van der Waals surface area contributed by atoms with Gasteiger partial charge in [0.2, 0.25) is 0 Å². The second-order valence-electron chi connectivity index (χ2n) is 9.37. The number of fused-ring (bicyclic) bond motifs is 1. The molecule has 5 rings (SSSR count). The van der Waals surface area contributed by atoms with Crippen molar-refractivity contribution < 1.29 is 8.42 Å². The van der Waals surface area contributed by atoms with Crippen LogP contribution in [0.1, 0.15) is 54.8 Å². The number of sulfonamides is 1. The van der Waals surface area contributed by atoms with E-state index >= 15 is 0 Å². The van der Waals surface area contributed by atoms with Crippen LogP contribution in [-0.2, 0) is 16.6 Å². The van der Waals surface area contributed by atoms with E-state index in [9.17, 15) is 8.42 Å². The molecule has 1 saturated carbocycles. The first-order chi connectivity index (χ1) is 16.9. The maximum absolute atomic E-state index is 14.1. The molecule has 4 nitrogen and oxygen atoms in total. The first kappa shape index (κ1) is 23.8. The molecule has 180 valence electrons.